The van der Waals surface area contributed by atoms with Crippen molar-refractivity contribution in [1.29, 1.82) is 0 Å². The summed E-state index contributed by atoms with van der Waals surface area (Å²) in [5, 5.41) is 2.24. The Morgan fingerprint density at radius 2 is 1.56 bits per heavy atom. The molecule has 8 heteroatoms. The van der Waals surface area contributed by atoms with Gasteiger partial charge in [-0.15, -0.1) is 0 Å². The fourth-order valence-corrected chi connectivity index (χ4v) is 2.95. The van der Waals surface area contributed by atoms with E-state index in [-0.39, 0.29) is 10.7 Å². The van der Waals surface area contributed by atoms with E-state index in [0.29, 0.717) is 5.56 Å². The number of benzene rings is 3. The molecule has 0 fully saturated rings. The Morgan fingerprint density at radius 1 is 0.938 bits per heavy atom. The standard InChI is InChI=1S/C24H17ClF3NO3/c25-19-13-12-18(24(26,27)28)15-20(19)29-23(31)22(17-9-5-2-6-10-17)32-21(30)14-11-16-7-3-1-4-8-16/h1-15,22H,(H,29,31)/b14-11+. The molecule has 1 amide bonds. The summed E-state index contributed by atoms with van der Waals surface area (Å²) in [4.78, 5) is 25.2. The highest BCUT2D eigenvalue weighted by Crippen LogP contribution is 2.34. The fourth-order valence-electron chi connectivity index (χ4n) is 2.78. The number of hydrogen-bond donors (Lipinski definition) is 1. The maximum Gasteiger partial charge on any atom is 0.416 e. The highest BCUT2D eigenvalue weighted by molar-refractivity contribution is 6.33. The average molecular weight is 460 g/mol. The second-order valence-corrected chi connectivity index (χ2v) is 7.06. The van der Waals surface area contributed by atoms with Crippen molar-refractivity contribution in [2.24, 2.45) is 0 Å². The Labute approximate surface area is 187 Å². The monoisotopic (exact) mass is 459 g/mol. The Balaban J connectivity index is 1.83. The number of carbonyl (C=O) groups excluding carboxylic acids is 2. The van der Waals surface area contributed by atoms with Crippen molar-refractivity contribution in [2.45, 2.75) is 12.3 Å². The Kier molecular flexibility index (Phi) is 7.33. The van der Waals surface area contributed by atoms with Crippen LogP contribution in [0.1, 0.15) is 22.8 Å². The molecule has 1 N–H and O–H groups in total. The van der Waals surface area contributed by atoms with Gasteiger partial charge in [-0.3, -0.25) is 4.79 Å². The SMILES string of the molecule is O=C(/C=C/c1ccccc1)OC(C(=O)Nc1cc(C(F)(F)F)ccc1Cl)c1ccccc1. The van der Waals surface area contributed by atoms with E-state index in [1.807, 2.05) is 6.07 Å². The van der Waals surface area contributed by atoms with Gasteiger partial charge in [0, 0.05) is 11.6 Å². The van der Waals surface area contributed by atoms with Crippen LogP contribution in [-0.4, -0.2) is 11.9 Å². The molecule has 0 radical (unpaired) electrons. The number of hydrogen-bond acceptors (Lipinski definition) is 3. The summed E-state index contributed by atoms with van der Waals surface area (Å²) < 4.78 is 44.4. The number of anilines is 1. The molecule has 164 valence electrons. The largest absolute Gasteiger partial charge is 0.444 e. The molecule has 0 saturated heterocycles. The number of rotatable bonds is 6. The number of alkyl halides is 3. The van der Waals surface area contributed by atoms with Crippen LogP contribution in [0.15, 0.2) is 84.9 Å². The maximum absolute atomic E-state index is 13.0. The zero-order chi connectivity index (χ0) is 23.1. The maximum atomic E-state index is 13.0. The Bertz CT molecular complexity index is 1120. The lowest BCUT2D eigenvalue weighted by atomic mass is 10.1. The van der Waals surface area contributed by atoms with Crippen LogP contribution < -0.4 is 5.32 Å². The summed E-state index contributed by atoms with van der Waals surface area (Å²) >= 11 is 5.96. The third kappa shape index (κ3) is 6.21. The first kappa shape index (κ1) is 23.1. The third-order valence-electron chi connectivity index (χ3n) is 4.34. The van der Waals surface area contributed by atoms with Crippen molar-refractivity contribution < 1.29 is 27.5 Å². The van der Waals surface area contributed by atoms with Crippen molar-refractivity contribution in [2.75, 3.05) is 5.32 Å². The molecule has 1 unspecified atom stereocenters. The fraction of sp³-hybridized carbons (Fsp3) is 0.0833. The van der Waals surface area contributed by atoms with Gasteiger partial charge in [0.05, 0.1) is 16.3 Å². The van der Waals surface area contributed by atoms with Crippen LogP contribution in [-0.2, 0) is 20.5 Å². The first-order valence-electron chi connectivity index (χ1n) is 9.40. The number of halogens is 4. The van der Waals surface area contributed by atoms with Crippen molar-refractivity contribution in [3.8, 4) is 0 Å². The van der Waals surface area contributed by atoms with Gasteiger partial charge in [-0.25, -0.2) is 4.79 Å². The van der Waals surface area contributed by atoms with E-state index in [0.717, 1.165) is 29.8 Å². The van der Waals surface area contributed by atoms with Gasteiger partial charge in [0.15, 0.2) is 0 Å². The Morgan fingerprint density at radius 3 is 2.19 bits per heavy atom. The molecule has 0 aromatic heterocycles. The first-order chi connectivity index (χ1) is 15.2. The molecule has 0 heterocycles. The van der Waals surface area contributed by atoms with Crippen LogP contribution >= 0.6 is 11.6 Å². The lowest BCUT2D eigenvalue weighted by Gasteiger charge is -2.18. The minimum Gasteiger partial charge on any atom is -0.444 e. The summed E-state index contributed by atoms with van der Waals surface area (Å²) in [6.07, 6.45) is -3.34. The molecule has 0 aliphatic rings. The van der Waals surface area contributed by atoms with Gasteiger partial charge in [0.2, 0.25) is 6.10 Å². The van der Waals surface area contributed by atoms with E-state index in [2.05, 4.69) is 5.32 Å². The molecule has 0 aliphatic heterocycles. The van der Waals surface area contributed by atoms with Crippen LogP contribution in [0.4, 0.5) is 18.9 Å². The lowest BCUT2D eigenvalue weighted by molar-refractivity contribution is -0.149. The van der Waals surface area contributed by atoms with Crippen molar-refractivity contribution >= 4 is 35.2 Å². The average Bonchev–Trinajstić information content (AvgIpc) is 2.78. The van der Waals surface area contributed by atoms with Crippen molar-refractivity contribution in [1.82, 2.24) is 0 Å². The molecule has 32 heavy (non-hydrogen) atoms. The second-order valence-electron chi connectivity index (χ2n) is 6.65. The number of nitrogens with one attached hydrogen (secondary N) is 1. The van der Waals surface area contributed by atoms with Gasteiger partial charge in [-0.1, -0.05) is 72.3 Å². The van der Waals surface area contributed by atoms with Gasteiger partial charge in [0.1, 0.15) is 0 Å². The lowest BCUT2D eigenvalue weighted by Crippen LogP contribution is -2.25. The Hall–Kier alpha value is -3.58. The van der Waals surface area contributed by atoms with Gasteiger partial charge in [-0.05, 0) is 29.8 Å². The summed E-state index contributed by atoms with van der Waals surface area (Å²) in [6.45, 7) is 0. The van der Waals surface area contributed by atoms with E-state index < -0.39 is 29.7 Å². The minimum atomic E-state index is -4.61. The van der Waals surface area contributed by atoms with Gasteiger partial charge in [0.25, 0.3) is 5.91 Å². The van der Waals surface area contributed by atoms with E-state index >= 15 is 0 Å². The van der Waals surface area contributed by atoms with Crippen LogP contribution in [0.25, 0.3) is 6.08 Å². The van der Waals surface area contributed by atoms with E-state index in [4.69, 9.17) is 16.3 Å². The van der Waals surface area contributed by atoms with Gasteiger partial charge < -0.3 is 10.1 Å². The summed E-state index contributed by atoms with van der Waals surface area (Å²) in [7, 11) is 0. The van der Waals surface area contributed by atoms with Gasteiger partial charge in [-0.2, -0.15) is 13.2 Å². The summed E-state index contributed by atoms with van der Waals surface area (Å²) in [5.41, 5.74) is -0.130. The quantitative estimate of drug-likeness (QED) is 0.348. The molecule has 0 bridgehead atoms. The molecule has 0 saturated carbocycles. The summed E-state index contributed by atoms with van der Waals surface area (Å²) in [5.74, 6) is -1.65. The molecular weight excluding hydrogens is 443 g/mol. The predicted octanol–water partition coefficient (Wildman–Crippen LogP) is 6.30. The third-order valence-corrected chi connectivity index (χ3v) is 4.67. The van der Waals surface area contributed by atoms with E-state index in [1.165, 1.54) is 6.08 Å². The van der Waals surface area contributed by atoms with Crippen LogP contribution in [0.5, 0.6) is 0 Å². The molecule has 1 atom stereocenters. The van der Waals surface area contributed by atoms with Gasteiger partial charge >= 0.3 is 12.1 Å². The number of amides is 1. The number of esters is 1. The smallest absolute Gasteiger partial charge is 0.416 e. The first-order valence-corrected chi connectivity index (χ1v) is 9.78. The number of carbonyl (C=O) groups is 2. The minimum absolute atomic E-state index is 0.0894. The normalized spacial score (nSPS) is 12.4. The predicted molar refractivity (Wildman–Crippen MR) is 116 cm³/mol. The number of ether oxygens (including phenoxy) is 1. The molecule has 3 rings (SSSR count). The van der Waals surface area contributed by atoms with E-state index in [9.17, 15) is 22.8 Å². The van der Waals surface area contributed by atoms with Crippen molar-refractivity contribution in [3.05, 3.63) is 107 Å². The topological polar surface area (TPSA) is 55.4 Å². The molecule has 3 aromatic carbocycles. The second kappa shape index (κ2) is 10.2. The molecule has 0 spiro atoms. The molecule has 0 aliphatic carbocycles. The zero-order valence-electron chi connectivity index (χ0n) is 16.5. The summed E-state index contributed by atoms with van der Waals surface area (Å²) in [6, 6.07) is 19.6. The van der Waals surface area contributed by atoms with Crippen molar-refractivity contribution in [3.63, 3.8) is 0 Å². The molecule has 4 nitrogen and oxygen atoms in total. The van der Waals surface area contributed by atoms with E-state index in [1.54, 1.807) is 54.6 Å². The molecule has 3 aromatic rings. The zero-order valence-corrected chi connectivity index (χ0v) is 17.2. The highest BCUT2D eigenvalue weighted by atomic mass is 35.5. The highest BCUT2D eigenvalue weighted by Gasteiger charge is 2.32. The molecular formula is C24H17ClF3NO3. The van der Waals surface area contributed by atoms with Crippen LogP contribution in [0, 0.1) is 0 Å². The van der Waals surface area contributed by atoms with Crippen LogP contribution in [0.2, 0.25) is 5.02 Å². The van der Waals surface area contributed by atoms with Crippen LogP contribution in [0.3, 0.4) is 0 Å².